The van der Waals surface area contributed by atoms with Crippen LogP contribution in [-0.2, 0) is 11.0 Å². The van der Waals surface area contributed by atoms with Crippen LogP contribution in [0.4, 0.5) is 13.2 Å². The molecule has 1 unspecified atom stereocenters. The van der Waals surface area contributed by atoms with E-state index in [1.54, 1.807) is 30.3 Å². The van der Waals surface area contributed by atoms with Crippen molar-refractivity contribution in [3.05, 3.63) is 47.5 Å². The molecule has 1 heterocycles. The molecule has 0 fully saturated rings. The van der Waals surface area contributed by atoms with E-state index in [-0.39, 0.29) is 10.7 Å². The molecular formula is C16H11F3N2O2S. The molecule has 1 aromatic heterocycles. The second-order valence-corrected chi connectivity index (χ2v) is 6.14. The van der Waals surface area contributed by atoms with E-state index in [2.05, 4.69) is 4.98 Å². The average Bonchev–Trinajstić information content (AvgIpc) is 2.54. The number of hydrogen-bond acceptors (Lipinski definition) is 4. The smallest absolute Gasteiger partial charge is 0.417 e. The van der Waals surface area contributed by atoms with Crippen LogP contribution in [0, 0.1) is 11.3 Å². The van der Waals surface area contributed by atoms with E-state index in [1.807, 2.05) is 0 Å². The van der Waals surface area contributed by atoms with Gasteiger partial charge in [0.05, 0.1) is 16.8 Å². The molecule has 2 aromatic rings. The van der Waals surface area contributed by atoms with Crippen LogP contribution >= 0.6 is 11.8 Å². The highest BCUT2D eigenvalue weighted by Crippen LogP contribution is 2.38. The zero-order valence-electron chi connectivity index (χ0n) is 12.3. The summed E-state index contributed by atoms with van der Waals surface area (Å²) in [6, 6.07) is 10.5. The molecule has 1 atom stereocenters. The Morgan fingerprint density at radius 3 is 2.46 bits per heavy atom. The summed E-state index contributed by atoms with van der Waals surface area (Å²) >= 11 is 0.609. The molecule has 1 aromatic carbocycles. The molecule has 0 bridgehead atoms. The van der Waals surface area contributed by atoms with Gasteiger partial charge in [0, 0.05) is 5.56 Å². The summed E-state index contributed by atoms with van der Waals surface area (Å²) < 4.78 is 39.9. The van der Waals surface area contributed by atoms with Crippen LogP contribution in [0.2, 0.25) is 0 Å². The molecule has 0 radical (unpaired) electrons. The number of carbonyl (C=O) groups is 1. The quantitative estimate of drug-likeness (QED) is 0.835. The lowest BCUT2D eigenvalue weighted by Crippen LogP contribution is -2.14. The van der Waals surface area contributed by atoms with Crippen molar-refractivity contribution < 1.29 is 23.1 Å². The Bertz CT molecular complexity index is 801. The second-order valence-electron chi connectivity index (χ2n) is 4.81. The van der Waals surface area contributed by atoms with Crippen LogP contribution in [0.3, 0.4) is 0 Å². The van der Waals surface area contributed by atoms with Crippen molar-refractivity contribution in [2.75, 3.05) is 0 Å². The monoisotopic (exact) mass is 352 g/mol. The Hall–Kier alpha value is -2.53. The number of benzene rings is 1. The number of nitrogens with zero attached hydrogens (tertiary/aromatic N) is 2. The minimum absolute atomic E-state index is 0.0296. The lowest BCUT2D eigenvalue weighted by atomic mass is 10.1. The van der Waals surface area contributed by atoms with E-state index in [0.29, 0.717) is 17.3 Å². The van der Waals surface area contributed by atoms with E-state index in [1.165, 1.54) is 13.0 Å². The van der Waals surface area contributed by atoms with Crippen molar-refractivity contribution in [1.82, 2.24) is 4.98 Å². The lowest BCUT2D eigenvalue weighted by molar-refractivity contribution is -0.138. The molecule has 124 valence electrons. The predicted molar refractivity (Wildman–Crippen MR) is 82.3 cm³/mol. The predicted octanol–water partition coefficient (Wildman–Crippen LogP) is 4.20. The SMILES string of the molecule is CC(Sc1nc(-c2ccccc2)cc(C(F)(F)F)c1C#N)C(=O)O. The molecule has 2 rings (SSSR count). The third-order valence-electron chi connectivity index (χ3n) is 3.11. The summed E-state index contributed by atoms with van der Waals surface area (Å²) in [5.41, 5.74) is -1.32. The Kier molecular flexibility index (Phi) is 5.14. The molecular weight excluding hydrogens is 341 g/mol. The zero-order valence-corrected chi connectivity index (χ0v) is 13.1. The number of carboxylic acids is 1. The van der Waals surface area contributed by atoms with E-state index >= 15 is 0 Å². The molecule has 0 spiro atoms. The van der Waals surface area contributed by atoms with Crippen LogP contribution in [0.25, 0.3) is 11.3 Å². The van der Waals surface area contributed by atoms with Crippen molar-refractivity contribution >= 4 is 17.7 Å². The number of aliphatic carboxylic acids is 1. The second kappa shape index (κ2) is 6.93. The molecule has 0 saturated carbocycles. The third kappa shape index (κ3) is 3.86. The van der Waals surface area contributed by atoms with Crippen molar-refractivity contribution in [2.45, 2.75) is 23.4 Å². The first-order valence-corrected chi connectivity index (χ1v) is 7.59. The maximum atomic E-state index is 13.3. The first-order chi connectivity index (χ1) is 11.2. The number of rotatable bonds is 4. The van der Waals surface area contributed by atoms with Gasteiger partial charge in [-0.25, -0.2) is 4.98 Å². The number of hydrogen-bond donors (Lipinski definition) is 1. The van der Waals surface area contributed by atoms with Gasteiger partial charge < -0.3 is 5.11 Å². The number of pyridine rings is 1. The fourth-order valence-electron chi connectivity index (χ4n) is 1.91. The van der Waals surface area contributed by atoms with Gasteiger partial charge in [0.2, 0.25) is 0 Å². The third-order valence-corrected chi connectivity index (χ3v) is 4.18. The van der Waals surface area contributed by atoms with Gasteiger partial charge >= 0.3 is 12.1 Å². The summed E-state index contributed by atoms with van der Waals surface area (Å²) in [4.78, 5) is 15.1. The summed E-state index contributed by atoms with van der Waals surface area (Å²) in [5, 5.41) is 16.8. The number of thioether (sulfide) groups is 1. The van der Waals surface area contributed by atoms with E-state index in [4.69, 9.17) is 10.4 Å². The molecule has 8 heteroatoms. The van der Waals surface area contributed by atoms with Gasteiger partial charge in [-0.3, -0.25) is 4.79 Å². The fraction of sp³-hybridized carbons (Fsp3) is 0.188. The van der Waals surface area contributed by atoms with Crippen LogP contribution in [-0.4, -0.2) is 21.3 Å². The Labute approximate surface area is 140 Å². The van der Waals surface area contributed by atoms with Gasteiger partial charge in [-0.2, -0.15) is 18.4 Å². The largest absolute Gasteiger partial charge is 0.480 e. The normalized spacial score (nSPS) is 12.5. The summed E-state index contributed by atoms with van der Waals surface area (Å²) in [7, 11) is 0. The first-order valence-electron chi connectivity index (χ1n) is 6.71. The van der Waals surface area contributed by atoms with Crippen LogP contribution in [0.15, 0.2) is 41.4 Å². The van der Waals surface area contributed by atoms with Gasteiger partial charge in [-0.05, 0) is 13.0 Å². The van der Waals surface area contributed by atoms with Gasteiger partial charge in [-0.15, -0.1) is 0 Å². The number of nitriles is 1. The average molecular weight is 352 g/mol. The highest BCUT2D eigenvalue weighted by Gasteiger charge is 2.36. The van der Waals surface area contributed by atoms with Crippen LogP contribution in [0.5, 0.6) is 0 Å². The number of alkyl halides is 3. The zero-order chi connectivity index (χ0) is 17.9. The summed E-state index contributed by atoms with van der Waals surface area (Å²) in [5.74, 6) is -1.20. The number of halogens is 3. The molecule has 0 amide bonds. The van der Waals surface area contributed by atoms with Crippen LogP contribution in [0.1, 0.15) is 18.1 Å². The summed E-state index contributed by atoms with van der Waals surface area (Å²) in [6.45, 7) is 1.32. The molecule has 0 aliphatic carbocycles. The molecule has 0 aliphatic rings. The topological polar surface area (TPSA) is 74.0 Å². The number of aromatic nitrogens is 1. The van der Waals surface area contributed by atoms with Gasteiger partial charge in [-0.1, -0.05) is 42.1 Å². The molecule has 0 aliphatic heterocycles. The van der Waals surface area contributed by atoms with Crippen molar-refractivity contribution in [3.63, 3.8) is 0 Å². The highest BCUT2D eigenvalue weighted by atomic mass is 32.2. The Balaban J connectivity index is 2.68. The molecule has 4 nitrogen and oxygen atoms in total. The van der Waals surface area contributed by atoms with Gasteiger partial charge in [0.25, 0.3) is 0 Å². The maximum Gasteiger partial charge on any atom is 0.417 e. The van der Waals surface area contributed by atoms with Crippen molar-refractivity contribution in [3.8, 4) is 17.3 Å². The van der Waals surface area contributed by atoms with E-state index < -0.39 is 28.5 Å². The molecule has 24 heavy (non-hydrogen) atoms. The van der Waals surface area contributed by atoms with Crippen molar-refractivity contribution in [1.29, 1.82) is 5.26 Å². The minimum atomic E-state index is -4.75. The number of carboxylic acid groups (broad SMARTS) is 1. The molecule has 1 N–H and O–H groups in total. The maximum absolute atomic E-state index is 13.3. The fourth-order valence-corrected chi connectivity index (χ4v) is 2.77. The summed E-state index contributed by atoms with van der Waals surface area (Å²) in [6.07, 6.45) is -4.75. The van der Waals surface area contributed by atoms with E-state index in [9.17, 15) is 18.0 Å². The van der Waals surface area contributed by atoms with Gasteiger partial charge in [0.1, 0.15) is 16.3 Å². The Morgan fingerprint density at radius 2 is 1.96 bits per heavy atom. The van der Waals surface area contributed by atoms with Crippen molar-refractivity contribution in [2.24, 2.45) is 0 Å². The Morgan fingerprint density at radius 1 is 1.33 bits per heavy atom. The van der Waals surface area contributed by atoms with Gasteiger partial charge in [0.15, 0.2) is 0 Å². The molecule has 0 saturated heterocycles. The van der Waals surface area contributed by atoms with E-state index in [0.717, 1.165) is 6.07 Å². The van der Waals surface area contributed by atoms with Crippen LogP contribution < -0.4 is 0 Å². The minimum Gasteiger partial charge on any atom is -0.480 e. The lowest BCUT2D eigenvalue weighted by Gasteiger charge is -2.15. The first kappa shape index (κ1) is 17.8. The standard InChI is InChI=1S/C16H11F3N2O2S/c1-9(15(22)23)24-14-11(8-20)12(16(17,18)19)7-13(21-14)10-5-3-2-4-6-10/h2-7,9H,1H3,(H,22,23). The highest BCUT2D eigenvalue weighted by molar-refractivity contribution is 8.00.